The number of hydrogen-bond acceptors (Lipinski definition) is 1. The molecule has 4 heteroatoms. The SMILES string of the molecule is O=C(Cc1ccccc1Cl)NCc1cccc(Cl)c1. The van der Waals surface area contributed by atoms with E-state index in [-0.39, 0.29) is 12.3 Å². The molecule has 2 aromatic carbocycles. The van der Waals surface area contributed by atoms with Gasteiger partial charge in [-0.1, -0.05) is 53.5 Å². The molecule has 0 unspecified atom stereocenters. The Bertz CT molecular complexity index is 584. The minimum absolute atomic E-state index is 0.0620. The highest BCUT2D eigenvalue weighted by Crippen LogP contribution is 2.15. The average Bonchev–Trinajstić information content (AvgIpc) is 2.39. The summed E-state index contributed by atoms with van der Waals surface area (Å²) in [4.78, 5) is 11.8. The monoisotopic (exact) mass is 293 g/mol. The fourth-order valence-electron chi connectivity index (χ4n) is 1.72. The summed E-state index contributed by atoms with van der Waals surface area (Å²) in [5.41, 5.74) is 1.80. The maximum Gasteiger partial charge on any atom is 0.224 e. The normalized spacial score (nSPS) is 10.2. The van der Waals surface area contributed by atoms with Crippen LogP contribution in [0.4, 0.5) is 0 Å². The van der Waals surface area contributed by atoms with Gasteiger partial charge < -0.3 is 5.32 Å². The zero-order valence-electron chi connectivity index (χ0n) is 10.2. The number of carbonyl (C=O) groups excluding carboxylic acids is 1. The van der Waals surface area contributed by atoms with E-state index < -0.39 is 0 Å². The summed E-state index contributed by atoms with van der Waals surface area (Å²) in [5.74, 6) is -0.0620. The van der Waals surface area contributed by atoms with E-state index in [1.807, 2.05) is 36.4 Å². The molecule has 0 saturated heterocycles. The molecule has 2 rings (SSSR count). The van der Waals surface area contributed by atoms with Gasteiger partial charge in [0.05, 0.1) is 6.42 Å². The molecule has 1 amide bonds. The number of benzene rings is 2. The average molecular weight is 294 g/mol. The molecule has 0 saturated carbocycles. The third-order valence-corrected chi connectivity index (χ3v) is 3.29. The van der Waals surface area contributed by atoms with Crippen LogP contribution in [0.1, 0.15) is 11.1 Å². The number of nitrogens with one attached hydrogen (secondary N) is 1. The van der Waals surface area contributed by atoms with Gasteiger partial charge in [0, 0.05) is 16.6 Å². The van der Waals surface area contributed by atoms with E-state index in [0.717, 1.165) is 11.1 Å². The van der Waals surface area contributed by atoms with Gasteiger partial charge in [-0.2, -0.15) is 0 Å². The molecule has 0 bridgehead atoms. The van der Waals surface area contributed by atoms with E-state index in [1.165, 1.54) is 0 Å². The number of rotatable bonds is 4. The first-order chi connectivity index (χ1) is 9.15. The summed E-state index contributed by atoms with van der Waals surface area (Å²) < 4.78 is 0. The maximum atomic E-state index is 11.8. The molecule has 2 nitrogen and oxygen atoms in total. The Hall–Kier alpha value is -1.51. The highest BCUT2D eigenvalue weighted by molar-refractivity contribution is 6.31. The number of hydrogen-bond donors (Lipinski definition) is 1. The number of carbonyl (C=O) groups is 1. The molecule has 0 aliphatic rings. The molecule has 19 heavy (non-hydrogen) atoms. The Morgan fingerprint density at radius 2 is 1.84 bits per heavy atom. The van der Waals surface area contributed by atoms with Gasteiger partial charge in [0.2, 0.25) is 5.91 Å². The van der Waals surface area contributed by atoms with Gasteiger partial charge >= 0.3 is 0 Å². The van der Waals surface area contributed by atoms with Crippen molar-refractivity contribution in [2.75, 3.05) is 0 Å². The van der Waals surface area contributed by atoms with Crippen molar-refractivity contribution >= 4 is 29.1 Å². The Labute approximate surface area is 122 Å². The van der Waals surface area contributed by atoms with Gasteiger partial charge in [0.1, 0.15) is 0 Å². The first kappa shape index (κ1) is 13.9. The van der Waals surface area contributed by atoms with Crippen LogP contribution in [0, 0.1) is 0 Å². The minimum atomic E-state index is -0.0620. The summed E-state index contributed by atoms with van der Waals surface area (Å²) in [7, 11) is 0. The molecule has 2 aromatic rings. The molecule has 0 atom stereocenters. The van der Waals surface area contributed by atoms with Crippen LogP contribution in [0.3, 0.4) is 0 Å². The largest absolute Gasteiger partial charge is 0.352 e. The van der Waals surface area contributed by atoms with E-state index in [0.29, 0.717) is 16.6 Å². The Kier molecular flexibility index (Phi) is 4.83. The second kappa shape index (κ2) is 6.60. The van der Waals surface area contributed by atoms with Crippen LogP contribution in [0.5, 0.6) is 0 Å². The van der Waals surface area contributed by atoms with Gasteiger partial charge in [-0.15, -0.1) is 0 Å². The molecule has 0 radical (unpaired) electrons. The lowest BCUT2D eigenvalue weighted by Gasteiger charge is -2.07. The molecule has 0 fully saturated rings. The Balaban J connectivity index is 1.90. The van der Waals surface area contributed by atoms with Gasteiger partial charge in [0.15, 0.2) is 0 Å². The van der Waals surface area contributed by atoms with E-state index in [9.17, 15) is 4.79 Å². The number of amides is 1. The van der Waals surface area contributed by atoms with Crippen molar-refractivity contribution in [3.63, 3.8) is 0 Å². The molecule has 98 valence electrons. The van der Waals surface area contributed by atoms with Crippen molar-refractivity contribution in [2.45, 2.75) is 13.0 Å². The van der Waals surface area contributed by atoms with E-state index >= 15 is 0 Å². The van der Waals surface area contributed by atoms with Crippen LogP contribution in [0.25, 0.3) is 0 Å². The van der Waals surface area contributed by atoms with Crippen LogP contribution in [0.2, 0.25) is 10.0 Å². The lowest BCUT2D eigenvalue weighted by atomic mass is 10.1. The van der Waals surface area contributed by atoms with Crippen molar-refractivity contribution in [1.82, 2.24) is 5.32 Å². The predicted molar refractivity (Wildman–Crippen MR) is 78.5 cm³/mol. The summed E-state index contributed by atoms with van der Waals surface area (Å²) in [6.07, 6.45) is 0.278. The molecule has 0 spiro atoms. The van der Waals surface area contributed by atoms with Gasteiger partial charge in [-0.3, -0.25) is 4.79 Å². The topological polar surface area (TPSA) is 29.1 Å². The standard InChI is InChI=1S/C15H13Cl2NO/c16-13-6-3-4-11(8-13)10-18-15(19)9-12-5-1-2-7-14(12)17/h1-8H,9-10H2,(H,18,19). The molecule has 0 aliphatic carbocycles. The van der Waals surface area contributed by atoms with E-state index in [2.05, 4.69) is 5.32 Å². The Morgan fingerprint density at radius 3 is 2.58 bits per heavy atom. The van der Waals surface area contributed by atoms with Gasteiger partial charge in [0.25, 0.3) is 0 Å². The summed E-state index contributed by atoms with van der Waals surface area (Å²) in [6.45, 7) is 0.462. The highest BCUT2D eigenvalue weighted by Gasteiger charge is 2.06. The summed E-state index contributed by atoms with van der Waals surface area (Å²) >= 11 is 11.9. The van der Waals surface area contributed by atoms with Crippen molar-refractivity contribution in [3.8, 4) is 0 Å². The molecule has 0 heterocycles. The van der Waals surface area contributed by atoms with E-state index in [1.54, 1.807) is 12.1 Å². The van der Waals surface area contributed by atoms with Crippen LogP contribution in [-0.2, 0) is 17.8 Å². The third-order valence-electron chi connectivity index (χ3n) is 2.69. The lowest BCUT2D eigenvalue weighted by Crippen LogP contribution is -2.24. The highest BCUT2D eigenvalue weighted by atomic mass is 35.5. The van der Waals surface area contributed by atoms with Gasteiger partial charge in [-0.05, 0) is 29.3 Å². The summed E-state index contributed by atoms with van der Waals surface area (Å²) in [5, 5.41) is 4.12. The molecular weight excluding hydrogens is 281 g/mol. The fraction of sp³-hybridized carbons (Fsp3) is 0.133. The molecule has 1 N–H and O–H groups in total. The summed E-state index contributed by atoms with van der Waals surface area (Å²) in [6, 6.07) is 14.7. The smallest absolute Gasteiger partial charge is 0.224 e. The van der Waals surface area contributed by atoms with Crippen LogP contribution < -0.4 is 5.32 Å². The maximum absolute atomic E-state index is 11.8. The second-order valence-corrected chi connectivity index (χ2v) is 5.02. The fourth-order valence-corrected chi connectivity index (χ4v) is 2.14. The number of halogens is 2. The zero-order chi connectivity index (χ0) is 13.7. The van der Waals surface area contributed by atoms with Gasteiger partial charge in [-0.25, -0.2) is 0 Å². The predicted octanol–water partition coefficient (Wildman–Crippen LogP) is 3.85. The quantitative estimate of drug-likeness (QED) is 0.911. The van der Waals surface area contributed by atoms with Crippen molar-refractivity contribution in [1.29, 1.82) is 0 Å². The minimum Gasteiger partial charge on any atom is -0.352 e. The Morgan fingerprint density at radius 1 is 1.05 bits per heavy atom. The zero-order valence-corrected chi connectivity index (χ0v) is 11.7. The van der Waals surface area contributed by atoms with E-state index in [4.69, 9.17) is 23.2 Å². The first-order valence-corrected chi connectivity index (χ1v) is 6.65. The first-order valence-electron chi connectivity index (χ1n) is 5.90. The van der Waals surface area contributed by atoms with Crippen LogP contribution in [-0.4, -0.2) is 5.91 Å². The molecular formula is C15H13Cl2NO. The molecule has 0 aliphatic heterocycles. The van der Waals surface area contributed by atoms with Crippen LogP contribution in [0.15, 0.2) is 48.5 Å². The van der Waals surface area contributed by atoms with Crippen LogP contribution >= 0.6 is 23.2 Å². The van der Waals surface area contributed by atoms with Crippen molar-refractivity contribution < 1.29 is 4.79 Å². The third kappa shape index (κ3) is 4.27. The van der Waals surface area contributed by atoms with Crippen molar-refractivity contribution in [2.24, 2.45) is 0 Å². The van der Waals surface area contributed by atoms with Crippen molar-refractivity contribution in [3.05, 3.63) is 69.7 Å². The lowest BCUT2D eigenvalue weighted by molar-refractivity contribution is -0.120. The second-order valence-electron chi connectivity index (χ2n) is 4.17. The molecule has 0 aromatic heterocycles.